The maximum absolute atomic E-state index is 4.57. The van der Waals surface area contributed by atoms with Crippen LogP contribution in [0, 0.1) is 5.41 Å². The van der Waals surface area contributed by atoms with Crippen LogP contribution in [-0.4, -0.2) is 15.5 Å². The number of hydrogen-bond donors (Lipinski definition) is 1. The molecule has 2 nitrogen and oxygen atoms in total. The van der Waals surface area contributed by atoms with Gasteiger partial charge in [0.05, 0.1) is 11.7 Å². The van der Waals surface area contributed by atoms with E-state index in [0.717, 1.165) is 12.3 Å². The van der Waals surface area contributed by atoms with E-state index in [1.807, 2.05) is 6.20 Å². The zero-order chi connectivity index (χ0) is 11.7. The van der Waals surface area contributed by atoms with Crippen molar-refractivity contribution in [2.75, 3.05) is 5.75 Å². The van der Waals surface area contributed by atoms with Crippen LogP contribution in [0.1, 0.15) is 25.7 Å². The fourth-order valence-corrected chi connectivity index (χ4v) is 3.38. The van der Waals surface area contributed by atoms with E-state index < -0.39 is 0 Å². The molecule has 0 radical (unpaired) electrons. The zero-order valence-electron chi connectivity index (χ0n) is 9.97. The number of hydrogen-bond acceptors (Lipinski definition) is 2. The van der Waals surface area contributed by atoms with Crippen molar-refractivity contribution in [3.05, 3.63) is 30.5 Å². The second-order valence-corrected chi connectivity index (χ2v) is 5.54. The lowest BCUT2D eigenvalue weighted by Crippen LogP contribution is -2.26. The van der Waals surface area contributed by atoms with Crippen LogP contribution in [-0.2, 0) is 6.54 Å². The minimum atomic E-state index is 0.373. The molecule has 1 fully saturated rings. The molecule has 17 heavy (non-hydrogen) atoms. The zero-order valence-corrected chi connectivity index (χ0v) is 10.9. The molecule has 0 spiro atoms. The maximum Gasteiger partial charge on any atom is 0.0682 e. The van der Waals surface area contributed by atoms with E-state index in [-0.39, 0.29) is 0 Å². The molecule has 1 aromatic heterocycles. The summed E-state index contributed by atoms with van der Waals surface area (Å²) in [7, 11) is 0. The quantitative estimate of drug-likeness (QED) is 0.820. The molecule has 1 saturated carbocycles. The SMILES string of the molecule is SCC1(Cn2ncc3ccccc32)CCCC1. The Balaban J connectivity index is 1.94. The molecule has 0 bridgehead atoms. The van der Waals surface area contributed by atoms with Crippen molar-refractivity contribution in [2.45, 2.75) is 32.2 Å². The Hall–Kier alpha value is -0.960. The molecular formula is C14H18N2S. The van der Waals surface area contributed by atoms with Crippen LogP contribution < -0.4 is 0 Å². The lowest BCUT2D eigenvalue weighted by Gasteiger charge is -2.27. The van der Waals surface area contributed by atoms with Crippen molar-refractivity contribution in [1.82, 2.24) is 9.78 Å². The van der Waals surface area contributed by atoms with E-state index in [9.17, 15) is 0 Å². The fourth-order valence-electron chi connectivity index (χ4n) is 2.96. The van der Waals surface area contributed by atoms with Gasteiger partial charge in [-0.2, -0.15) is 17.7 Å². The van der Waals surface area contributed by atoms with E-state index in [1.165, 1.54) is 36.6 Å². The molecule has 1 heterocycles. The average Bonchev–Trinajstić information content (AvgIpc) is 2.99. The highest BCUT2D eigenvalue weighted by Gasteiger charge is 2.33. The van der Waals surface area contributed by atoms with Crippen molar-refractivity contribution in [3.63, 3.8) is 0 Å². The summed E-state index contributed by atoms with van der Waals surface area (Å²) in [5.74, 6) is 0.973. The normalized spacial score (nSPS) is 18.9. The summed E-state index contributed by atoms with van der Waals surface area (Å²) in [5.41, 5.74) is 1.62. The Morgan fingerprint density at radius 1 is 1.24 bits per heavy atom. The third-order valence-electron chi connectivity index (χ3n) is 4.04. The number of thiol groups is 1. The maximum atomic E-state index is 4.57. The van der Waals surface area contributed by atoms with Crippen molar-refractivity contribution in [1.29, 1.82) is 0 Å². The predicted molar refractivity (Wildman–Crippen MR) is 74.5 cm³/mol. The Bertz CT molecular complexity index is 512. The summed E-state index contributed by atoms with van der Waals surface area (Å²) < 4.78 is 2.16. The molecule has 0 aliphatic heterocycles. The largest absolute Gasteiger partial charge is 0.264 e. The minimum absolute atomic E-state index is 0.373. The smallest absolute Gasteiger partial charge is 0.0682 e. The van der Waals surface area contributed by atoms with Crippen molar-refractivity contribution >= 4 is 23.5 Å². The van der Waals surface area contributed by atoms with Gasteiger partial charge in [-0.1, -0.05) is 31.0 Å². The molecule has 1 aliphatic rings. The van der Waals surface area contributed by atoms with Crippen LogP contribution in [0.5, 0.6) is 0 Å². The van der Waals surface area contributed by atoms with E-state index in [1.54, 1.807) is 0 Å². The van der Waals surface area contributed by atoms with Gasteiger partial charge >= 0.3 is 0 Å². The second-order valence-electron chi connectivity index (χ2n) is 5.23. The topological polar surface area (TPSA) is 17.8 Å². The third-order valence-corrected chi connectivity index (χ3v) is 4.71. The van der Waals surface area contributed by atoms with Crippen LogP contribution >= 0.6 is 12.6 Å². The summed E-state index contributed by atoms with van der Waals surface area (Å²) in [4.78, 5) is 0. The van der Waals surface area contributed by atoms with Crippen molar-refractivity contribution in [2.24, 2.45) is 5.41 Å². The second kappa shape index (κ2) is 4.37. The van der Waals surface area contributed by atoms with Gasteiger partial charge in [0.25, 0.3) is 0 Å². The molecule has 0 saturated heterocycles. The van der Waals surface area contributed by atoms with Gasteiger partial charge in [0.1, 0.15) is 0 Å². The molecule has 1 aromatic carbocycles. The molecule has 90 valence electrons. The number of para-hydroxylation sites is 1. The number of benzene rings is 1. The van der Waals surface area contributed by atoms with Gasteiger partial charge in [-0.05, 0) is 30.1 Å². The Kier molecular flexibility index (Phi) is 2.87. The van der Waals surface area contributed by atoms with Gasteiger partial charge in [-0.25, -0.2) is 0 Å². The van der Waals surface area contributed by atoms with Crippen molar-refractivity contribution in [3.8, 4) is 0 Å². The first-order valence-electron chi connectivity index (χ1n) is 6.34. The number of rotatable bonds is 3. The molecule has 3 rings (SSSR count). The first-order chi connectivity index (χ1) is 8.33. The first-order valence-corrected chi connectivity index (χ1v) is 6.98. The lowest BCUT2D eigenvalue weighted by atomic mass is 9.88. The van der Waals surface area contributed by atoms with Gasteiger partial charge < -0.3 is 0 Å². The molecule has 0 amide bonds. The summed E-state index contributed by atoms with van der Waals surface area (Å²) in [6.07, 6.45) is 7.26. The molecule has 2 aromatic rings. The van der Waals surface area contributed by atoms with Crippen LogP contribution in [0.2, 0.25) is 0 Å². The van der Waals surface area contributed by atoms with Gasteiger partial charge in [0.15, 0.2) is 0 Å². The molecule has 0 atom stereocenters. The Morgan fingerprint density at radius 2 is 2.00 bits per heavy atom. The summed E-state index contributed by atoms with van der Waals surface area (Å²) >= 11 is 4.57. The highest BCUT2D eigenvalue weighted by molar-refractivity contribution is 7.80. The summed E-state index contributed by atoms with van der Waals surface area (Å²) in [6.45, 7) is 1.02. The Morgan fingerprint density at radius 3 is 2.76 bits per heavy atom. The van der Waals surface area contributed by atoms with Crippen LogP contribution in [0.15, 0.2) is 30.5 Å². The predicted octanol–water partition coefficient (Wildman–Crippen LogP) is 3.53. The highest BCUT2D eigenvalue weighted by atomic mass is 32.1. The van der Waals surface area contributed by atoms with Gasteiger partial charge in [0, 0.05) is 11.9 Å². The summed E-state index contributed by atoms with van der Waals surface area (Å²) in [6, 6.07) is 8.44. The number of aromatic nitrogens is 2. The van der Waals surface area contributed by atoms with Crippen LogP contribution in [0.3, 0.4) is 0 Å². The first kappa shape index (κ1) is 11.1. The van der Waals surface area contributed by atoms with E-state index in [0.29, 0.717) is 5.41 Å². The van der Waals surface area contributed by atoms with Crippen LogP contribution in [0.25, 0.3) is 10.9 Å². The summed E-state index contributed by atoms with van der Waals surface area (Å²) in [5, 5.41) is 5.77. The van der Waals surface area contributed by atoms with Gasteiger partial charge in [-0.3, -0.25) is 4.68 Å². The standard InChI is InChI=1S/C14H18N2S/c17-11-14(7-3-4-8-14)10-16-13-6-2-1-5-12(13)9-15-16/h1-2,5-6,9,17H,3-4,7-8,10-11H2. The van der Waals surface area contributed by atoms with Crippen LogP contribution in [0.4, 0.5) is 0 Å². The van der Waals surface area contributed by atoms with Crippen molar-refractivity contribution < 1.29 is 0 Å². The minimum Gasteiger partial charge on any atom is -0.264 e. The monoisotopic (exact) mass is 246 g/mol. The molecule has 3 heteroatoms. The molecule has 1 aliphatic carbocycles. The van der Waals surface area contributed by atoms with E-state index in [4.69, 9.17) is 0 Å². The lowest BCUT2D eigenvalue weighted by molar-refractivity contribution is 0.281. The van der Waals surface area contributed by atoms with Gasteiger partial charge in [-0.15, -0.1) is 0 Å². The average molecular weight is 246 g/mol. The van der Waals surface area contributed by atoms with Gasteiger partial charge in [0.2, 0.25) is 0 Å². The highest BCUT2D eigenvalue weighted by Crippen LogP contribution is 2.40. The third kappa shape index (κ3) is 1.97. The van der Waals surface area contributed by atoms with E-state index in [2.05, 4.69) is 46.7 Å². The fraction of sp³-hybridized carbons (Fsp3) is 0.500. The Labute approximate surface area is 107 Å². The number of nitrogens with zero attached hydrogens (tertiary/aromatic N) is 2. The number of fused-ring (bicyclic) bond motifs is 1. The molecular weight excluding hydrogens is 228 g/mol. The van der Waals surface area contributed by atoms with E-state index >= 15 is 0 Å². The molecule has 0 N–H and O–H groups in total. The molecule has 0 unspecified atom stereocenters.